The third-order valence-corrected chi connectivity index (χ3v) is 5.96. The molecule has 1 aliphatic carbocycles. The number of hydrogen-bond acceptors (Lipinski definition) is 1. The fourth-order valence-corrected chi connectivity index (χ4v) is 4.44. The molecule has 2 heterocycles. The van der Waals surface area contributed by atoms with Gasteiger partial charge in [-0.15, -0.1) is 0 Å². The molecule has 1 atom stereocenters. The van der Waals surface area contributed by atoms with Gasteiger partial charge < -0.3 is 4.90 Å². The molecule has 0 bridgehead atoms. The minimum atomic E-state index is -4.40. The fraction of sp³-hybridized carbons (Fsp3) is 0.381. The molecule has 1 aromatic heterocycles. The Hall–Kier alpha value is -2.05. The molecule has 3 N–H and O–H groups in total. The van der Waals surface area contributed by atoms with E-state index in [-0.39, 0.29) is 5.02 Å². The number of H-pyrrole nitrogens is 1. The first-order valence-electron chi connectivity index (χ1n) is 9.57. The van der Waals surface area contributed by atoms with Crippen LogP contribution in [0.1, 0.15) is 29.5 Å². The molecule has 0 radical (unpaired) electrons. The van der Waals surface area contributed by atoms with Gasteiger partial charge in [-0.25, -0.2) is 4.98 Å². The molecule has 0 saturated heterocycles. The summed E-state index contributed by atoms with van der Waals surface area (Å²) >= 11 is 5.99. The Bertz CT molecular complexity index is 908. The number of aromatic nitrogens is 1. The average molecular weight is 410 g/mol. The second-order valence-corrected chi connectivity index (χ2v) is 7.86. The lowest BCUT2D eigenvalue weighted by atomic mass is 9.82. The molecule has 0 saturated carbocycles. The summed E-state index contributed by atoms with van der Waals surface area (Å²) in [5, 5.41) is 3.19. The largest absolute Gasteiger partial charge is 0.419 e. The summed E-state index contributed by atoms with van der Waals surface area (Å²) in [6, 6.07) is 9.64. The van der Waals surface area contributed by atoms with Crippen LogP contribution in [0.4, 0.5) is 19.0 Å². The minimum absolute atomic E-state index is 0.0531. The molecular formula is C21H23ClF3N3+2. The number of rotatable bonds is 4. The van der Waals surface area contributed by atoms with Crippen molar-refractivity contribution in [3.63, 3.8) is 0 Å². The molecule has 2 aromatic rings. The molecule has 2 aliphatic rings. The topological polar surface area (TPSA) is 30.6 Å². The molecule has 4 rings (SSSR count). The summed E-state index contributed by atoms with van der Waals surface area (Å²) in [4.78, 5) is 4.12. The fourth-order valence-electron chi connectivity index (χ4n) is 4.20. The molecule has 7 heteroatoms. The van der Waals surface area contributed by atoms with E-state index < -0.39 is 11.7 Å². The van der Waals surface area contributed by atoms with Crippen molar-refractivity contribution in [3.05, 3.63) is 63.8 Å². The normalized spacial score (nSPS) is 19.2. The first kappa shape index (κ1) is 19.3. The summed E-state index contributed by atoms with van der Waals surface area (Å²) in [7, 11) is 0. The average Bonchev–Trinajstić information content (AvgIpc) is 2.68. The molecule has 1 aliphatic heterocycles. The number of fused-ring (bicyclic) bond motifs is 2. The Kier molecular flexibility index (Phi) is 5.34. The minimum Gasteiger partial charge on any atom is -0.328 e. The Morgan fingerprint density at radius 3 is 2.75 bits per heavy atom. The summed E-state index contributed by atoms with van der Waals surface area (Å²) in [6.07, 6.45) is -0.146. The number of aryl methyl sites for hydroxylation is 1. The molecular weight excluding hydrogens is 387 g/mol. The summed E-state index contributed by atoms with van der Waals surface area (Å²) in [6.45, 7) is 3.65. The highest BCUT2D eigenvalue weighted by Gasteiger charge is 2.33. The highest BCUT2D eigenvalue weighted by Crippen LogP contribution is 2.34. The van der Waals surface area contributed by atoms with E-state index >= 15 is 0 Å². The third-order valence-electron chi connectivity index (χ3n) is 5.66. The zero-order chi connectivity index (χ0) is 19.7. The Labute approximate surface area is 167 Å². The van der Waals surface area contributed by atoms with Crippen LogP contribution in [0.2, 0.25) is 5.02 Å². The zero-order valence-corrected chi connectivity index (χ0v) is 16.2. The van der Waals surface area contributed by atoms with Gasteiger partial charge >= 0.3 is 6.18 Å². The Morgan fingerprint density at radius 2 is 1.96 bits per heavy atom. The summed E-state index contributed by atoms with van der Waals surface area (Å²) < 4.78 is 38.1. The quantitative estimate of drug-likeness (QED) is 0.797. The number of halogens is 4. The van der Waals surface area contributed by atoms with E-state index in [2.05, 4.69) is 34.6 Å². The van der Waals surface area contributed by atoms with E-state index in [1.54, 1.807) is 5.57 Å². The monoisotopic (exact) mass is 409 g/mol. The smallest absolute Gasteiger partial charge is 0.328 e. The molecule has 28 heavy (non-hydrogen) atoms. The van der Waals surface area contributed by atoms with Crippen LogP contribution in [0.15, 0.2) is 42.1 Å². The van der Waals surface area contributed by atoms with Crippen LogP contribution < -0.4 is 15.2 Å². The van der Waals surface area contributed by atoms with Crippen LogP contribution in [-0.2, 0) is 12.6 Å². The van der Waals surface area contributed by atoms with Crippen LogP contribution in [-0.4, -0.2) is 26.2 Å². The summed E-state index contributed by atoms with van der Waals surface area (Å²) in [5.41, 5.74) is 5.18. The maximum absolute atomic E-state index is 12.7. The van der Waals surface area contributed by atoms with Gasteiger partial charge in [-0.2, -0.15) is 13.2 Å². The maximum atomic E-state index is 12.7. The number of nitrogens with one attached hydrogen (secondary N) is 3. The van der Waals surface area contributed by atoms with Gasteiger partial charge in [0.15, 0.2) is 0 Å². The molecule has 1 aromatic carbocycles. The highest BCUT2D eigenvalue weighted by atomic mass is 35.5. The van der Waals surface area contributed by atoms with Gasteiger partial charge in [-0.1, -0.05) is 35.9 Å². The maximum Gasteiger partial charge on any atom is 0.419 e. The number of benzene rings is 1. The van der Waals surface area contributed by atoms with Gasteiger partial charge in [0.25, 0.3) is 5.82 Å². The van der Waals surface area contributed by atoms with Crippen molar-refractivity contribution < 1.29 is 23.1 Å². The predicted molar refractivity (Wildman–Crippen MR) is 103 cm³/mol. The zero-order valence-electron chi connectivity index (χ0n) is 15.4. The van der Waals surface area contributed by atoms with Gasteiger partial charge in [0, 0.05) is 6.42 Å². The molecule has 0 spiro atoms. The SMILES string of the molecule is FC(F)(F)c1c[nH+]c(NCC[NH+]2CCC3=C(CCc4ccccc43)C2)c(Cl)c1. The highest BCUT2D eigenvalue weighted by molar-refractivity contribution is 6.32. The second-order valence-electron chi connectivity index (χ2n) is 7.45. The van der Waals surface area contributed by atoms with E-state index in [1.165, 1.54) is 21.6 Å². The lowest BCUT2D eigenvalue weighted by molar-refractivity contribution is -0.894. The van der Waals surface area contributed by atoms with Gasteiger partial charge in [0.1, 0.15) is 24.3 Å². The number of hydrogen-bond donors (Lipinski definition) is 2. The van der Waals surface area contributed by atoms with Crippen molar-refractivity contribution in [2.75, 3.05) is 31.5 Å². The first-order valence-corrected chi connectivity index (χ1v) is 9.94. The molecule has 0 fully saturated rings. The van der Waals surface area contributed by atoms with Gasteiger partial charge in [-0.3, -0.25) is 5.32 Å². The van der Waals surface area contributed by atoms with E-state index in [0.717, 1.165) is 51.2 Å². The van der Waals surface area contributed by atoms with Crippen LogP contribution in [0.3, 0.4) is 0 Å². The summed E-state index contributed by atoms with van der Waals surface area (Å²) in [5.74, 6) is 0.428. The van der Waals surface area contributed by atoms with Crippen molar-refractivity contribution in [1.82, 2.24) is 0 Å². The number of alkyl halides is 3. The van der Waals surface area contributed by atoms with Crippen molar-refractivity contribution in [1.29, 1.82) is 0 Å². The number of quaternary nitrogens is 1. The van der Waals surface area contributed by atoms with E-state index in [1.807, 2.05) is 0 Å². The van der Waals surface area contributed by atoms with Crippen molar-refractivity contribution in [3.8, 4) is 0 Å². The number of anilines is 1. The number of pyridine rings is 1. The number of aromatic amines is 1. The van der Waals surface area contributed by atoms with Gasteiger partial charge in [0.2, 0.25) is 0 Å². The van der Waals surface area contributed by atoms with Crippen molar-refractivity contribution in [2.24, 2.45) is 0 Å². The molecule has 1 unspecified atom stereocenters. The van der Waals surface area contributed by atoms with Crippen LogP contribution in [0, 0.1) is 0 Å². The molecule has 148 valence electrons. The standard InChI is InChI=1S/C21H21ClF3N3/c22-19-11-16(21(23,24)25)12-27-20(19)26-8-10-28-9-7-18-15(13-28)6-5-14-3-1-2-4-17(14)18/h1-4,11-12H,5-10,13H2,(H,26,27)/p+2. The van der Waals surface area contributed by atoms with Gasteiger partial charge in [0.05, 0.1) is 18.7 Å². The lowest BCUT2D eigenvalue weighted by Crippen LogP contribution is -3.13. The lowest BCUT2D eigenvalue weighted by Gasteiger charge is -2.31. The van der Waals surface area contributed by atoms with Crippen LogP contribution in [0.5, 0.6) is 0 Å². The first-order chi connectivity index (χ1) is 13.4. The van der Waals surface area contributed by atoms with Gasteiger partial charge in [-0.05, 0) is 41.2 Å². The molecule has 3 nitrogen and oxygen atoms in total. The Morgan fingerprint density at radius 1 is 1.14 bits per heavy atom. The third kappa shape index (κ3) is 4.03. The Balaban J connectivity index is 1.35. The van der Waals surface area contributed by atoms with E-state index in [9.17, 15) is 13.2 Å². The van der Waals surface area contributed by atoms with Crippen LogP contribution in [0.25, 0.3) is 5.57 Å². The van der Waals surface area contributed by atoms with Crippen LogP contribution >= 0.6 is 11.6 Å². The second kappa shape index (κ2) is 7.76. The van der Waals surface area contributed by atoms with E-state index in [0.29, 0.717) is 12.4 Å². The van der Waals surface area contributed by atoms with Crippen molar-refractivity contribution in [2.45, 2.75) is 25.4 Å². The molecule has 0 amide bonds. The van der Waals surface area contributed by atoms with Crippen molar-refractivity contribution >= 4 is 23.0 Å². The predicted octanol–water partition coefficient (Wildman–Crippen LogP) is 3.27. The van der Waals surface area contributed by atoms with E-state index in [4.69, 9.17) is 11.6 Å².